The molecule has 1 amide bonds. The standard InChI is InChI=1S/C15H20N4O3/c1-11(13(20)8-12-6-4-3-5-7-12)17-14(21)9-19-15(22)18(2)10-16-19/h3-7,10-11,13,20H,8-9H2,1-2H3,(H,17,21). The van der Waals surface area contributed by atoms with E-state index in [4.69, 9.17) is 0 Å². The van der Waals surface area contributed by atoms with E-state index in [2.05, 4.69) is 10.4 Å². The molecule has 0 spiro atoms. The number of hydrogen-bond acceptors (Lipinski definition) is 4. The highest BCUT2D eigenvalue weighted by atomic mass is 16.3. The lowest BCUT2D eigenvalue weighted by Gasteiger charge is -2.20. The van der Waals surface area contributed by atoms with E-state index in [9.17, 15) is 14.7 Å². The van der Waals surface area contributed by atoms with Crippen LogP contribution in [0, 0.1) is 0 Å². The summed E-state index contributed by atoms with van der Waals surface area (Å²) in [5.74, 6) is -0.361. The van der Waals surface area contributed by atoms with Gasteiger partial charge < -0.3 is 10.4 Å². The van der Waals surface area contributed by atoms with Crippen LogP contribution in [0.3, 0.4) is 0 Å². The van der Waals surface area contributed by atoms with Crippen LogP contribution in [0.4, 0.5) is 0 Å². The van der Waals surface area contributed by atoms with Crippen LogP contribution in [0.25, 0.3) is 0 Å². The Morgan fingerprint density at radius 2 is 2.05 bits per heavy atom. The summed E-state index contributed by atoms with van der Waals surface area (Å²) in [6.45, 7) is 1.56. The van der Waals surface area contributed by atoms with Gasteiger partial charge in [0.05, 0.1) is 12.1 Å². The van der Waals surface area contributed by atoms with Crippen molar-refractivity contribution in [2.24, 2.45) is 7.05 Å². The number of aromatic nitrogens is 3. The van der Waals surface area contributed by atoms with E-state index in [1.807, 2.05) is 30.3 Å². The van der Waals surface area contributed by atoms with Crippen molar-refractivity contribution in [1.82, 2.24) is 19.7 Å². The maximum atomic E-state index is 11.9. The van der Waals surface area contributed by atoms with Crippen LogP contribution in [-0.2, 0) is 24.8 Å². The first kappa shape index (κ1) is 16.0. The predicted molar refractivity (Wildman–Crippen MR) is 81.2 cm³/mol. The van der Waals surface area contributed by atoms with E-state index in [0.29, 0.717) is 6.42 Å². The first-order valence-electron chi connectivity index (χ1n) is 7.07. The number of aliphatic hydroxyl groups excluding tert-OH is 1. The van der Waals surface area contributed by atoms with Gasteiger partial charge in [0.15, 0.2) is 0 Å². The van der Waals surface area contributed by atoms with E-state index in [1.165, 1.54) is 10.9 Å². The van der Waals surface area contributed by atoms with Gasteiger partial charge in [-0.15, -0.1) is 0 Å². The number of carbonyl (C=O) groups is 1. The first-order valence-corrected chi connectivity index (χ1v) is 7.07. The maximum absolute atomic E-state index is 11.9. The molecule has 7 heteroatoms. The molecular weight excluding hydrogens is 284 g/mol. The largest absolute Gasteiger partial charge is 0.391 e. The van der Waals surface area contributed by atoms with Crippen LogP contribution >= 0.6 is 0 Å². The number of aryl methyl sites for hydroxylation is 1. The van der Waals surface area contributed by atoms with Gasteiger partial charge in [0.25, 0.3) is 0 Å². The molecule has 0 saturated carbocycles. The lowest BCUT2D eigenvalue weighted by molar-refractivity contribution is -0.123. The smallest absolute Gasteiger partial charge is 0.345 e. The number of nitrogens with one attached hydrogen (secondary N) is 1. The summed E-state index contributed by atoms with van der Waals surface area (Å²) in [7, 11) is 1.57. The van der Waals surface area contributed by atoms with Crippen molar-refractivity contribution in [3.63, 3.8) is 0 Å². The first-order chi connectivity index (χ1) is 10.5. The number of aliphatic hydroxyl groups is 1. The fourth-order valence-electron chi connectivity index (χ4n) is 2.09. The Kier molecular flexibility index (Phi) is 5.11. The van der Waals surface area contributed by atoms with E-state index < -0.39 is 12.1 Å². The second-order valence-corrected chi connectivity index (χ2v) is 5.30. The summed E-state index contributed by atoms with van der Waals surface area (Å²) >= 11 is 0. The van der Waals surface area contributed by atoms with Crippen molar-refractivity contribution in [3.8, 4) is 0 Å². The van der Waals surface area contributed by atoms with Gasteiger partial charge in [-0.1, -0.05) is 30.3 Å². The fourth-order valence-corrected chi connectivity index (χ4v) is 2.09. The number of benzene rings is 1. The summed E-state index contributed by atoms with van der Waals surface area (Å²) in [5, 5.41) is 16.6. The highest BCUT2D eigenvalue weighted by Gasteiger charge is 2.18. The lowest BCUT2D eigenvalue weighted by atomic mass is 10.0. The minimum Gasteiger partial charge on any atom is -0.391 e. The number of nitrogens with zero attached hydrogens (tertiary/aromatic N) is 3. The minimum atomic E-state index is -0.702. The molecule has 0 bridgehead atoms. The molecule has 0 aliphatic carbocycles. The monoisotopic (exact) mass is 304 g/mol. The van der Waals surface area contributed by atoms with Crippen molar-refractivity contribution < 1.29 is 9.90 Å². The van der Waals surface area contributed by atoms with Gasteiger partial charge in [0, 0.05) is 13.5 Å². The molecule has 1 aromatic carbocycles. The zero-order chi connectivity index (χ0) is 16.1. The topological polar surface area (TPSA) is 89.2 Å². The van der Waals surface area contributed by atoms with Gasteiger partial charge in [-0.3, -0.25) is 9.36 Å². The summed E-state index contributed by atoms with van der Waals surface area (Å²) in [6.07, 6.45) is 1.10. The summed E-state index contributed by atoms with van der Waals surface area (Å²) in [5.41, 5.74) is 0.643. The summed E-state index contributed by atoms with van der Waals surface area (Å²) < 4.78 is 2.37. The fraction of sp³-hybridized carbons (Fsp3) is 0.400. The highest BCUT2D eigenvalue weighted by Crippen LogP contribution is 2.05. The Hall–Kier alpha value is -2.41. The molecule has 0 radical (unpaired) electrons. The second kappa shape index (κ2) is 7.04. The number of rotatable bonds is 6. The lowest BCUT2D eigenvalue weighted by Crippen LogP contribution is -2.44. The van der Waals surface area contributed by atoms with Gasteiger partial charge in [-0.05, 0) is 12.5 Å². The van der Waals surface area contributed by atoms with Crippen LogP contribution in [-0.4, -0.2) is 37.5 Å². The molecule has 2 unspecified atom stereocenters. The molecule has 2 atom stereocenters. The zero-order valence-corrected chi connectivity index (χ0v) is 12.6. The minimum absolute atomic E-state index is 0.165. The van der Waals surface area contributed by atoms with Crippen LogP contribution in [0.5, 0.6) is 0 Å². The number of hydrogen-bond donors (Lipinski definition) is 2. The van der Waals surface area contributed by atoms with Crippen molar-refractivity contribution >= 4 is 5.91 Å². The normalized spacial score (nSPS) is 13.6. The predicted octanol–water partition coefficient (Wildman–Crippen LogP) is -0.310. The Balaban J connectivity index is 1.88. The van der Waals surface area contributed by atoms with Gasteiger partial charge >= 0.3 is 5.69 Å². The van der Waals surface area contributed by atoms with Crippen LogP contribution < -0.4 is 11.0 Å². The third-order valence-electron chi connectivity index (χ3n) is 3.43. The summed E-state index contributed by atoms with van der Waals surface area (Å²) in [6, 6.07) is 9.13. The van der Waals surface area contributed by atoms with Gasteiger partial charge in [-0.25, -0.2) is 9.48 Å². The maximum Gasteiger partial charge on any atom is 0.345 e. The molecule has 2 rings (SSSR count). The molecule has 7 nitrogen and oxygen atoms in total. The third kappa shape index (κ3) is 4.05. The molecule has 0 aliphatic heterocycles. The van der Waals surface area contributed by atoms with Crippen LogP contribution in [0.15, 0.2) is 41.5 Å². The third-order valence-corrected chi connectivity index (χ3v) is 3.43. The molecule has 0 fully saturated rings. The molecule has 118 valence electrons. The number of amides is 1. The molecule has 22 heavy (non-hydrogen) atoms. The Labute approximate surface area is 128 Å². The van der Waals surface area contributed by atoms with Crippen molar-refractivity contribution in [2.75, 3.05) is 0 Å². The molecule has 1 heterocycles. The average Bonchev–Trinajstić information content (AvgIpc) is 2.80. The zero-order valence-electron chi connectivity index (χ0n) is 12.6. The SMILES string of the molecule is CC(NC(=O)Cn1ncn(C)c1=O)C(O)Cc1ccccc1. The Morgan fingerprint density at radius 1 is 1.36 bits per heavy atom. The second-order valence-electron chi connectivity index (χ2n) is 5.30. The molecular formula is C15H20N4O3. The van der Waals surface area contributed by atoms with E-state index >= 15 is 0 Å². The molecule has 2 N–H and O–H groups in total. The number of carbonyl (C=O) groups excluding carboxylic acids is 1. The highest BCUT2D eigenvalue weighted by molar-refractivity contribution is 5.75. The van der Waals surface area contributed by atoms with Gasteiger partial charge in [0.2, 0.25) is 5.91 Å². The van der Waals surface area contributed by atoms with E-state index in [1.54, 1.807) is 14.0 Å². The van der Waals surface area contributed by atoms with Crippen molar-refractivity contribution in [2.45, 2.75) is 32.0 Å². The Morgan fingerprint density at radius 3 is 2.64 bits per heavy atom. The molecule has 1 aromatic heterocycles. The molecule has 0 aliphatic rings. The molecule has 2 aromatic rings. The Bertz CT molecular complexity index is 678. The average molecular weight is 304 g/mol. The van der Waals surface area contributed by atoms with Crippen molar-refractivity contribution in [1.29, 1.82) is 0 Å². The van der Waals surface area contributed by atoms with E-state index in [0.717, 1.165) is 10.2 Å². The van der Waals surface area contributed by atoms with Gasteiger partial charge in [-0.2, -0.15) is 5.10 Å². The van der Waals surface area contributed by atoms with Gasteiger partial charge in [0.1, 0.15) is 12.9 Å². The summed E-state index contributed by atoms with van der Waals surface area (Å²) in [4.78, 5) is 23.5. The quantitative estimate of drug-likeness (QED) is 0.766. The molecule has 0 saturated heterocycles. The van der Waals surface area contributed by atoms with Crippen molar-refractivity contribution in [3.05, 3.63) is 52.7 Å². The van der Waals surface area contributed by atoms with Crippen LogP contribution in [0.2, 0.25) is 0 Å². The van der Waals surface area contributed by atoms with Crippen LogP contribution in [0.1, 0.15) is 12.5 Å². The van der Waals surface area contributed by atoms with E-state index in [-0.39, 0.29) is 18.1 Å².